The number of amides is 1. The molecule has 8 heteroatoms. The standard InChI is InChI=1S/C13H23NO7/c1-6-20-11(16)13(14-9(3)15,12(17)21-7-2)8-10(18-4)19-5/h10H,6-8H2,1-5H3,(H,14,15). The molecule has 1 N–H and O–H groups in total. The Morgan fingerprint density at radius 2 is 1.43 bits per heavy atom. The van der Waals surface area contributed by atoms with Crippen LogP contribution in [0.5, 0.6) is 0 Å². The maximum absolute atomic E-state index is 12.2. The summed E-state index contributed by atoms with van der Waals surface area (Å²) in [6.07, 6.45) is -1.16. The summed E-state index contributed by atoms with van der Waals surface area (Å²) in [5, 5.41) is 2.31. The molecule has 0 atom stereocenters. The molecule has 0 rings (SSSR count). The van der Waals surface area contributed by atoms with Crippen molar-refractivity contribution in [2.75, 3.05) is 27.4 Å². The van der Waals surface area contributed by atoms with Gasteiger partial charge in [-0.1, -0.05) is 0 Å². The summed E-state index contributed by atoms with van der Waals surface area (Å²) in [7, 11) is 2.70. The van der Waals surface area contributed by atoms with Crippen molar-refractivity contribution >= 4 is 17.8 Å². The number of nitrogens with one attached hydrogen (secondary N) is 1. The molecule has 0 aromatic carbocycles. The third-order valence-electron chi connectivity index (χ3n) is 2.64. The Kier molecular flexibility index (Phi) is 8.56. The van der Waals surface area contributed by atoms with Crippen LogP contribution in [0.2, 0.25) is 0 Å². The number of hydrogen-bond donors (Lipinski definition) is 1. The SMILES string of the molecule is CCOC(=O)C(CC(OC)OC)(NC(C)=O)C(=O)OCC. The van der Waals surface area contributed by atoms with Crippen molar-refractivity contribution in [3.05, 3.63) is 0 Å². The number of rotatable bonds is 9. The van der Waals surface area contributed by atoms with Gasteiger partial charge in [0.05, 0.1) is 13.2 Å². The minimum absolute atomic E-state index is 0.0458. The minimum atomic E-state index is -2.01. The zero-order chi connectivity index (χ0) is 16.5. The number of ether oxygens (including phenoxy) is 4. The number of methoxy groups -OCH3 is 2. The molecule has 0 aliphatic carbocycles. The van der Waals surface area contributed by atoms with Crippen molar-refractivity contribution in [3.8, 4) is 0 Å². The first-order valence-corrected chi connectivity index (χ1v) is 6.56. The van der Waals surface area contributed by atoms with E-state index in [0.717, 1.165) is 0 Å². The maximum Gasteiger partial charge on any atom is 0.343 e. The Labute approximate surface area is 124 Å². The van der Waals surface area contributed by atoms with Crippen LogP contribution < -0.4 is 5.32 Å². The second-order valence-corrected chi connectivity index (χ2v) is 4.13. The Hall–Kier alpha value is -1.67. The summed E-state index contributed by atoms with van der Waals surface area (Å²) in [4.78, 5) is 35.9. The van der Waals surface area contributed by atoms with Gasteiger partial charge in [-0.15, -0.1) is 0 Å². The van der Waals surface area contributed by atoms with E-state index in [1.54, 1.807) is 13.8 Å². The Morgan fingerprint density at radius 3 is 1.71 bits per heavy atom. The number of carbonyl (C=O) groups is 3. The molecule has 0 spiro atoms. The molecule has 0 aliphatic rings. The summed E-state index contributed by atoms with van der Waals surface area (Å²) in [5.74, 6) is -2.42. The van der Waals surface area contributed by atoms with E-state index in [0.29, 0.717) is 0 Å². The lowest BCUT2D eigenvalue weighted by molar-refractivity contribution is -0.178. The topological polar surface area (TPSA) is 100 Å². The molecule has 0 bridgehead atoms. The summed E-state index contributed by atoms with van der Waals surface area (Å²) < 4.78 is 19.8. The van der Waals surface area contributed by atoms with Gasteiger partial charge in [0, 0.05) is 27.6 Å². The lowest BCUT2D eigenvalue weighted by Crippen LogP contribution is -2.62. The van der Waals surface area contributed by atoms with Crippen LogP contribution in [0.4, 0.5) is 0 Å². The van der Waals surface area contributed by atoms with Crippen molar-refractivity contribution in [3.63, 3.8) is 0 Å². The molecule has 0 saturated carbocycles. The third-order valence-corrected chi connectivity index (χ3v) is 2.64. The van der Waals surface area contributed by atoms with Crippen molar-refractivity contribution < 1.29 is 33.3 Å². The molecule has 122 valence electrons. The van der Waals surface area contributed by atoms with Gasteiger partial charge in [0.1, 0.15) is 0 Å². The molecule has 0 radical (unpaired) electrons. The van der Waals surface area contributed by atoms with E-state index in [-0.39, 0.29) is 19.6 Å². The van der Waals surface area contributed by atoms with Crippen molar-refractivity contribution in [2.24, 2.45) is 0 Å². The smallest absolute Gasteiger partial charge is 0.343 e. The molecule has 8 nitrogen and oxygen atoms in total. The molecule has 0 aromatic rings. The summed E-state index contributed by atoms with van der Waals surface area (Å²) >= 11 is 0. The highest BCUT2D eigenvalue weighted by Crippen LogP contribution is 2.20. The molecule has 0 unspecified atom stereocenters. The van der Waals surface area contributed by atoms with Gasteiger partial charge in [-0.05, 0) is 13.8 Å². The number of hydrogen-bond acceptors (Lipinski definition) is 7. The summed E-state index contributed by atoms with van der Waals surface area (Å²) in [6.45, 7) is 4.45. The van der Waals surface area contributed by atoms with Crippen LogP contribution in [0.1, 0.15) is 27.2 Å². The van der Waals surface area contributed by atoms with Gasteiger partial charge >= 0.3 is 11.9 Å². The Balaban J connectivity index is 5.63. The first kappa shape index (κ1) is 19.3. The monoisotopic (exact) mass is 305 g/mol. The number of esters is 2. The van der Waals surface area contributed by atoms with Crippen molar-refractivity contribution in [2.45, 2.75) is 39.0 Å². The minimum Gasteiger partial charge on any atom is -0.464 e. The van der Waals surface area contributed by atoms with Crippen LogP contribution in [0.25, 0.3) is 0 Å². The first-order chi connectivity index (χ1) is 9.87. The van der Waals surface area contributed by atoms with E-state index >= 15 is 0 Å². The largest absolute Gasteiger partial charge is 0.464 e. The van der Waals surface area contributed by atoms with E-state index in [1.165, 1.54) is 21.1 Å². The fourth-order valence-corrected chi connectivity index (χ4v) is 1.73. The maximum atomic E-state index is 12.2. The fraction of sp³-hybridized carbons (Fsp3) is 0.769. The van der Waals surface area contributed by atoms with Gasteiger partial charge in [0.15, 0.2) is 6.29 Å². The molecule has 21 heavy (non-hydrogen) atoms. The second-order valence-electron chi connectivity index (χ2n) is 4.13. The molecular weight excluding hydrogens is 282 g/mol. The van der Waals surface area contributed by atoms with E-state index < -0.39 is 29.7 Å². The molecular formula is C13H23NO7. The predicted octanol–water partition coefficient (Wildman–Crippen LogP) is -0.00350. The van der Waals surface area contributed by atoms with Gasteiger partial charge in [-0.3, -0.25) is 4.79 Å². The lowest BCUT2D eigenvalue weighted by Gasteiger charge is -2.31. The van der Waals surface area contributed by atoms with E-state index in [4.69, 9.17) is 18.9 Å². The average Bonchev–Trinajstić information content (AvgIpc) is 2.43. The highest BCUT2D eigenvalue weighted by Gasteiger charge is 2.51. The van der Waals surface area contributed by atoms with Crippen LogP contribution >= 0.6 is 0 Å². The van der Waals surface area contributed by atoms with E-state index in [9.17, 15) is 14.4 Å². The molecule has 0 aliphatic heterocycles. The average molecular weight is 305 g/mol. The Bertz CT molecular complexity index is 348. The van der Waals surface area contributed by atoms with Crippen LogP contribution in [0, 0.1) is 0 Å². The Morgan fingerprint density at radius 1 is 1.00 bits per heavy atom. The first-order valence-electron chi connectivity index (χ1n) is 6.56. The van der Waals surface area contributed by atoms with Gasteiger partial charge in [-0.25, -0.2) is 9.59 Å². The zero-order valence-electron chi connectivity index (χ0n) is 13.1. The summed E-state index contributed by atoms with van der Waals surface area (Å²) in [5.41, 5.74) is -2.01. The third kappa shape index (κ3) is 5.31. The van der Waals surface area contributed by atoms with E-state index in [1.807, 2.05) is 0 Å². The quantitative estimate of drug-likeness (QED) is 0.363. The van der Waals surface area contributed by atoms with Crippen molar-refractivity contribution in [1.29, 1.82) is 0 Å². The zero-order valence-corrected chi connectivity index (χ0v) is 13.1. The summed E-state index contributed by atoms with van der Waals surface area (Å²) in [6, 6.07) is 0. The van der Waals surface area contributed by atoms with E-state index in [2.05, 4.69) is 5.32 Å². The van der Waals surface area contributed by atoms with Crippen molar-refractivity contribution in [1.82, 2.24) is 5.32 Å². The predicted molar refractivity (Wildman–Crippen MR) is 72.2 cm³/mol. The normalized spacial score (nSPS) is 11.1. The lowest BCUT2D eigenvalue weighted by atomic mass is 9.94. The van der Waals surface area contributed by atoms with Gasteiger partial charge in [0.25, 0.3) is 0 Å². The molecule has 0 aromatic heterocycles. The molecule has 0 saturated heterocycles. The van der Waals surface area contributed by atoms with Gasteiger partial charge in [-0.2, -0.15) is 0 Å². The highest BCUT2D eigenvalue weighted by molar-refractivity contribution is 6.07. The fourth-order valence-electron chi connectivity index (χ4n) is 1.73. The van der Waals surface area contributed by atoms with Crippen LogP contribution in [0.3, 0.4) is 0 Å². The van der Waals surface area contributed by atoms with Crippen LogP contribution in [-0.4, -0.2) is 57.1 Å². The van der Waals surface area contributed by atoms with Crippen LogP contribution in [-0.2, 0) is 33.3 Å². The van der Waals surface area contributed by atoms with Gasteiger partial charge < -0.3 is 24.3 Å². The highest BCUT2D eigenvalue weighted by atomic mass is 16.7. The van der Waals surface area contributed by atoms with Gasteiger partial charge in [0.2, 0.25) is 11.4 Å². The second kappa shape index (κ2) is 9.30. The molecule has 0 heterocycles. The van der Waals surface area contributed by atoms with Crippen LogP contribution in [0.15, 0.2) is 0 Å². The molecule has 0 fully saturated rings. The number of carbonyl (C=O) groups excluding carboxylic acids is 3. The molecule has 1 amide bonds.